The van der Waals surface area contributed by atoms with Gasteiger partial charge < -0.3 is 15.3 Å². The van der Waals surface area contributed by atoms with Crippen molar-refractivity contribution in [3.8, 4) is 11.8 Å². The predicted octanol–water partition coefficient (Wildman–Crippen LogP) is -0.334. The zero-order chi connectivity index (χ0) is 9.52. The number of piperidine rings is 1. The number of aliphatic hydroxyl groups is 1. The van der Waals surface area contributed by atoms with Crippen LogP contribution in [0.25, 0.3) is 0 Å². The van der Waals surface area contributed by atoms with Crippen LogP contribution in [-0.2, 0) is 0 Å². The lowest BCUT2D eigenvalue weighted by Gasteiger charge is -2.29. The van der Waals surface area contributed by atoms with Gasteiger partial charge in [0.1, 0.15) is 6.61 Å². The molecule has 1 rings (SSSR count). The van der Waals surface area contributed by atoms with Gasteiger partial charge in [-0.25, -0.2) is 0 Å². The summed E-state index contributed by atoms with van der Waals surface area (Å²) in [5.41, 5.74) is 0. The second kappa shape index (κ2) is 5.98. The second-order valence-electron chi connectivity index (χ2n) is 3.47. The molecule has 1 aliphatic heterocycles. The van der Waals surface area contributed by atoms with Crippen LogP contribution < -0.4 is 5.32 Å². The Kier molecular flexibility index (Phi) is 4.84. The molecule has 0 saturated carbocycles. The summed E-state index contributed by atoms with van der Waals surface area (Å²) < 4.78 is 0. The third kappa shape index (κ3) is 4.28. The van der Waals surface area contributed by atoms with Crippen LogP contribution in [0.4, 0.5) is 0 Å². The maximum atomic E-state index is 8.43. The average molecular weight is 182 g/mol. The van der Waals surface area contributed by atoms with Gasteiger partial charge in [-0.2, -0.15) is 0 Å². The van der Waals surface area contributed by atoms with Crippen molar-refractivity contribution in [1.82, 2.24) is 10.2 Å². The van der Waals surface area contributed by atoms with Crippen molar-refractivity contribution in [2.24, 2.45) is 0 Å². The molecule has 1 aliphatic rings. The Morgan fingerprint density at radius 3 is 2.69 bits per heavy atom. The van der Waals surface area contributed by atoms with Crippen LogP contribution in [0.2, 0.25) is 0 Å². The third-order valence-electron chi connectivity index (χ3n) is 2.40. The maximum absolute atomic E-state index is 8.43. The Balaban J connectivity index is 2.09. The van der Waals surface area contributed by atoms with Crippen LogP contribution in [0.5, 0.6) is 0 Å². The van der Waals surface area contributed by atoms with E-state index in [1.54, 1.807) is 0 Å². The van der Waals surface area contributed by atoms with Crippen molar-refractivity contribution >= 4 is 0 Å². The Morgan fingerprint density at radius 2 is 2.08 bits per heavy atom. The zero-order valence-electron chi connectivity index (χ0n) is 8.21. The van der Waals surface area contributed by atoms with Crippen LogP contribution in [0.3, 0.4) is 0 Å². The average Bonchev–Trinajstić information content (AvgIpc) is 2.15. The molecule has 0 aromatic carbocycles. The van der Waals surface area contributed by atoms with Crippen molar-refractivity contribution in [3.05, 3.63) is 0 Å². The summed E-state index contributed by atoms with van der Waals surface area (Å²) in [5, 5.41) is 11.8. The fourth-order valence-electron chi connectivity index (χ4n) is 1.53. The molecule has 13 heavy (non-hydrogen) atoms. The highest BCUT2D eigenvalue weighted by atomic mass is 16.2. The molecule has 74 valence electrons. The molecule has 3 heteroatoms. The van der Waals surface area contributed by atoms with E-state index >= 15 is 0 Å². The van der Waals surface area contributed by atoms with E-state index < -0.39 is 0 Å². The highest BCUT2D eigenvalue weighted by Gasteiger charge is 2.14. The lowest BCUT2D eigenvalue weighted by Crippen LogP contribution is -2.40. The van der Waals surface area contributed by atoms with E-state index in [9.17, 15) is 0 Å². The highest BCUT2D eigenvalue weighted by Crippen LogP contribution is 2.07. The van der Waals surface area contributed by atoms with Gasteiger partial charge in [-0.05, 0) is 33.0 Å². The molecule has 1 fully saturated rings. The summed E-state index contributed by atoms with van der Waals surface area (Å²) in [7, 11) is 2.15. The Hall–Kier alpha value is -0.560. The number of likely N-dealkylation sites (tertiary alicyclic amines) is 1. The first-order valence-corrected chi connectivity index (χ1v) is 4.81. The molecule has 1 saturated heterocycles. The van der Waals surface area contributed by atoms with Gasteiger partial charge >= 0.3 is 0 Å². The van der Waals surface area contributed by atoms with Gasteiger partial charge in [0.15, 0.2) is 0 Å². The SMILES string of the molecule is CN1CCC(NCC#CCO)CC1. The minimum Gasteiger partial charge on any atom is -0.384 e. The molecule has 0 radical (unpaired) electrons. The molecule has 0 bridgehead atoms. The van der Waals surface area contributed by atoms with Gasteiger partial charge in [0.2, 0.25) is 0 Å². The van der Waals surface area contributed by atoms with Crippen LogP contribution >= 0.6 is 0 Å². The zero-order valence-corrected chi connectivity index (χ0v) is 8.21. The van der Waals surface area contributed by atoms with Gasteiger partial charge in [0.05, 0.1) is 6.54 Å². The van der Waals surface area contributed by atoms with Crippen molar-refractivity contribution in [2.45, 2.75) is 18.9 Å². The Labute approximate surface area is 80.1 Å². The standard InChI is InChI=1S/C10H18N2O/c1-12-7-4-10(5-8-12)11-6-2-3-9-13/h10-11,13H,4-9H2,1H3. The fraction of sp³-hybridized carbons (Fsp3) is 0.800. The Morgan fingerprint density at radius 1 is 1.38 bits per heavy atom. The summed E-state index contributed by atoms with van der Waals surface area (Å²) in [4.78, 5) is 2.34. The minimum absolute atomic E-state index is 0.0327. The second-order valence-corrected chi connectivity index (χ2v) is 3.47. The highest BCUT2D eigenvalue weighted by molar-refractivity contribution is 5.01. The van der Waals surface area contributed by atoms with E-state index in [1.165, 1.54) is 25.9 Å². The van der Waals surface area contributed by atoms with Crippen LogP contribution in [0, 0.1) is 11.8 Å². The van der Waals surface area contributed by atoms with Crippen molar-refractivity contribution in [3.63, 3.8) is 0 Å². The summed E-state index contributed by atoms with van der Waals surface area (Å²) in [6.45, 7) is 3.01. The predicted molar refractivity (Wildman–Crippen MR) is 53.4 cm³/mol. The van der Waals surface area contributed by atoms with Gasteiger partial charge in [0.25, 0.3) is 0 Å². The summed E-state index contributed by atoms with van der Waals surface area (Å²) in [5.74, 6) is 5.50. The van der Waals surface area contributed by atoms with E-state index in [0.29, 0.717) is 12.6 Å². The van der Waals surface area contributed by atoms with E-state index in [-0.39, 0.29) is 6.61 Å². The summed E-state index contributed by atoms with van der Waals surface area (Å²) in [6, 6.07) is 0.615. The molecule has 0 aromatic heterocycles. The van der Waals surface area contributed by atoms with Crippen LogP contribution in [0.1, 0.15) is 12.8 Å². The summed E-state index contributed by atoms with van der Waals surface area (Å²) >= 11 is 0. The quantitative estimate of drug-likeness (QED) is 0.574. The van der Waals surface area contributed by atoms with E-state index in [4.69, 9.17) is 5.11 Å². The molecule has 0 aromatic rings. The summed E-state index contributed by atoms with van der Waals surface area (Å²) in [6.07, 6.45) is 2.41. The first-order valence-electron chi connectivity index (χ1n) is 4.81. The number of rotatable bonds is 2. The molecule has 0 unspecified atom stereocenters. The molecule has 0 aliphatic carbocycles. The minimum atomic E-state index is -0.0327. The van der Waals surface area contributed by atoms with Crippen molar-refractivity contribution in [1.29, 1.82) is 0 Å². The fourth-order valence-corrected chi connectivity index (χ4v) is 1.53. The number of nitrogens with one attached hydrogen (secondary N) is 1. The third-order valence-corrected chi connectivity index (χ3v) is 2.40. The largest absolute Gasteiger partial charge is 0.384 e. The molecular formula is C10H18N2O. The van der Waals surface area contributed by atoms with Crippen molar-refractivity contribution in [2.75, 3.05) is 33.3 Å². The molecule has 0 atom stereocenters. The van der Waals surface area contributed by atoms with Gasteiger partial charge in [-0.1, -0.05) is 11.8 Å². The smallest absolute Gasteiger partial charge is 0.104 e. The molecular weight excluding hydrogens is 164 g/mol. The maximum Gasteiger partial charge on any atom is 0.104 e. The molecule has 0 spiro atoms. The monoisotopic (exact) mass is 182 g/mol. The number of hydrogen-bond donors (Lipinski definition) is 2. The van der Waals surface area contributed by atoms with E-state index in [2.05, 4.69) is 29.1 Å². The molecule has 0 amide bonds. The topological polar surface area (TPSA) is 35.5 Å². The number of aliphatic hydroxyl groups excluding tert-OH is 1. The lowest BCUT2D eigenvalue weighted by molar-refractivity contribution is 0.238. The van der Waals surface area contributed by atoms with Crippen LogP contribution in [0.15, 0.2) is 0 Å². The van der Waals surface area contributed by atoms with Gasteiger partial charge in [-0.15, -0.1) is 0 Å². The molecule has 2 N–H and O–H groups in total. The van der Waals surface area contributed by atoms with Crippen LogP contribution in [-0.4, -0.2) is 49.3 Å². The molecule has 1 heterocycles. The lowest BCUT2D eigenvalue weighted by atomic mass is 10.1. The first-order chi connectivity index (χ1) is 6.33. The van der Waals surface area contributed by atoms with Gasteiger partial charge in [-0.3, -0.25) is 0 Å². The van der Waals surface area contributed by atoms with Gasteiger partial charge in [0, 0.05) is 6.04 Å². The number of hydrogen-bond acceptors (Lipinski definition) is 3. The first kappa shape index (κ1) is 10.5. The normalized spacial score (nSPS) is 19.5. The van der Waals surface area contributed by atoms with Crippen molar-refractivity contribution < 1.29 is 5.11 Å². The van der Waals surface area contributed by atoms with E-state index in [0.717, 1.165) is 0 Å². The number of nitrogens with zero attached hydrogens (tertiary/aromatic N) is 1. The Bertz CT molecular complexity index is 187. The molecule has 3 nitrogen and oxygen atoms in total. The van der Waals surface area contributed by atoms with E-state index in [1.807, 2.05) is 0 Å².